The first-order chi connectivity index (χ1) is 70.8. The highest BCUT2D eigenvalue weighted by molar-refractivity contribution is 6.22. The fourth-order valence-electron chi connectivity index (χ4n) is 27.3. The zero-order valence-electron chi connectivity index (χ0n) is 84.2. The van der Waals surface area contributed by atoms with Crippen molar-refractivity contribution in [1.82, 2.24) is 0 Å². The molecule has 0 radical (unpaired) electrons. The molecule has 0 saturated carbocycles. The molecule has 2 aromatic heterocycles. The van der Waals surface area contributed by atoms with Gasteiger partial charge in [0.05, 0.1) is 0 Å². The van der Waals surface area contributed by atoms with Crippen LogP contribution < -0.4 is 0 Å². The predicted octanol–water partition coefficient (Wildman–Crippen LogP) is 39.3. The normalized spacial score (nSPS) is 15.0. The average molecular weight is 1870 g/mol. The molecule has 2 nitrogen and oxygen atoms in total. The summed E-state index contributed by atoms with van der Waals surface area (Å²) in [7, 11) is 0. The molecule has 0 fully saturated rings. The molecule has 6 aliphatic carbocycles. The number of fused-ring (bicyclic) bond motifs is 27. The second-order valence-electron chi connectivity index (χ2n) is 45.3. The highest BCUT2D eigenvalue weighted by atomic mass is 16.3. The lowest BCUT2D eigenvalue weighted by Crippen LogP contribution is -2.24. The second kappa shape index (κ2) is 30.9. The summed E-state index contributed by atoms with van der Waals surface area (Å²) in [5.41, 5.74) is 62.1. The Labute approximate surface area is 853 Å². The molecule has 0 aliphatic heterocycles. The molecule has 0 N–H and O–H groups in total. The molecule has 21 aromatic carbocycles. The van der Waals surface area contributed by atoms with Gasteiger partial charge in [0.15, 0.2) is 0 Å². The lowest BCUT2D eigenvalue weighted by molar-refractivity contribution is 0.601. The monoisotopic (exact) mass is 1870 g/mol. The van der Waals surface area contributed by atoms with Crippen LogP contribution in [0.25, 0.3) is 244 Å². The third kappa shape index (κ3) is 12.5. The van der Waals surface area contributed by atoms with Crippen LogP contribution in [-0.4, -0.2) is 0 Å². The Kier molecular flexibility index (Phi) is 18.2. The quantitative estimate of drug-likeness (QED) is 0.122. The van der Waals surface area contributed by atoms with Crippen LogP contribution in [0, 0.1) is 0 Å². The van der Waals surface area contributed by atoms with Gasteiger partial charge in [-0.3, -0.25) is 0 Å². The molecule has 2 heterocycles. The smallest absolute Gasteiger partial charge is 0.144 e. The Morgan fingerprint density at radius 2 is 0.363 bits per heavy atom. The van der Waals surface area contributed by atoms with Crippen molar-refractivity contribution < 1.29 is 8.83 Å². The average Bonchev–Trinajstić information content (AvgIpc) is 1.50. The number of rotatable bonds is 12. The minimum Gasteiger partial charge on any atom is -0.455 e. The van der Waals surface area contributed by atoms with Crippen LogP contribution in [-0.2, 0) is 32.5 Å². The van der Waals surface area contributed by atoms with Gasteiger partial charge in [0.25, 0.3) is 0 Å². The first kappa shape index (κ1) is 85.9. The maximum absolute atomic E-state index is 7.43. The number of hydrogen-bond donors (Lipinski definition) is 0. The van der Waals surface area contributed by atoms with Crippen molar-refractivity contribution >= 4 is 43.9 Å². The zero-order valence-corrected chi connectivity index (χ0v) is 84.2. The van der Waals surface area contributed by atoms with Crippen molar-refractivity contribution in [2.75, 3.05) is 0 Å². The van der Waals surface area contributed by atoms with E-state index < -0.39 is 10.8 Å². The number of hydrogen-bond acceptors (Lipinski definition) is 2. The van der Waals surface area contributed by atoms with Gasteiger partial charge in [-0.25, -0.2) is 0 Å². The third-order valence-electron chi connectivity index (χ3n) is 35.0. The second-order valence-corrected chi connectivity index (χ2v) is 45.3. The van der Waals surface area contributed by atoms with Crippen LogP contribution in [0.4, 0.5) is 0 Å². The summed E-state index contributed by atoms with van der Waals surface area (Å²) in [4.78, 5) is 0. The molecule has 0 amide bonds. The first-order valence-corrected chi connectivity index (χ1v) is 51.9. The number of furan rings is 2. The summed E-state index contributed by atoms with van der Waals surface area (Å²) in [5, 5.41) is 4.60. The lowest BCUT2D eigenvalue weighted by Gasteiger charge is -2.31. The van der Waals surface area contributed by atoms with E-state index in [4.69, 9.17) is 8.83 Å². The molecular formula is C144H106O2. The van der Waals surface area contributed by atoms with Gasteiger partial charge in [-0.1, -0.05) is 386 Å². The van der Waals surface area contributed by atoms with Crippen molar-refractivity contribution in [3.63, 3.8) is 0 Å². The molecule has 0 spiro atoms. The van der Waals surface area contributed by atoms with Crippen molar-refractivity contribution in [3.05, 3.63) is 491 Å². The minimum absolute atomic E-state index is 0.256. The maximum Gasteiger partial charge on any atom is 0.144 e. The largest absolute Gasteiger partial charge is 0.455 e. The van der Waals surface area contributed by atoms with Crippen LogP contribution in [0.15, 0.2) is 433 Å². The first-order valence-electron chi connectivity index (χ1n) is 51.9. The summed E-state index contributed by atoms with van der Waals surface area (Å²) in [6.45, 7) is 29.4. The Balaban J connectivity index is 0.471. The highest BCUT2D eigenvalue weighted by Gasteiger charge is 2.50. The van der Waals surface area contributed by atoms with Crippen molar-refractivity contribution in [3.8, 4) is 200 Å². The van der Waals surface area contributed by atoms with Crippen LogP contribution in [0.3, 0.4) is 0 Å². The summed E-state index contributed by atoms with van der Waals surface area (Å²) >= 11 is 0. The topological polar surface area (TPSA) is 26.3 Å². The Bertz CT molecular complexity index is 9630. The van der Waals surface area contributed by atoms with E-state index in [0.717, 1.165) is 49.6 Å². The molecule has 29 rings (SSSR count). The molecule has 0 unspecified atom stereocenters. The molecule has 23 aromatic rings. The fourth-order valence-corrected chi connectivity index (χ4v) is 27.3. The predicted molar refractivity (Wildman–Crippen MR) is 612 cm³/mol. The Morgan fingerprint density at radius 3 is 0.712 bits per heavy atom. The van der Waals surface area contributed by atoms with Crippen molar-refractivity contribution in [2.45, 2.75) is 116 Å². The molecule has 0 bridgehead atoms. The van der Waals surface area contributed by atoms with E-state index in [2.05, 4.69) is 508 Å². The van der Waals surface area contributed by atoms with Gasteiger partial charge in [-0.05, 0) is 377 Å². The van der Waals surface area contributed by atoms with Crippen LogP contribution in [0.1, 0.15) is 150 Å². The molecule has 0 saturated heterocycles. The summed E-state index contributed by atoms with van der Waals surface area (Å²) < 4.78 is 14.8. The van der Waals surface area contributed by atoms with E-state index >= 15 is 0 Å². The maximum atomic E-state index is 7.43. The molecule has 0 atom stereocenters. The third-order valence-corrected chi connectivity index (χ3v) is 35.0. The standard InChI is InChI=1S/C144H106O2/c1-139(2)119-73-91(47-55-105(119)109-59-51-95(77-123(109)139)103-69-99(85-35-21-15-22-36-85)67-101(71-103)89-41-29-39-87(65-89)83-31-17-13-18-32-83)93-49-57-107-111-61-53-97(79-125(111)141(5,6)121(107)75-93)117-81-128-133(138-131(117)113-43-25-27-45-129(113)146-138)116-64-63-115-132-127(143(9,10)135(115)136(116)144(128,11)12)82-118(137-134(132)114-44-26-28-46-130(114)145-137)98-54-62-112-108-58-50-94(76-122(108)142(7,8)126(112)80-98)92-48-56-106-110-60-52-96(78-124(110)140(3,4)120(106)74-92)104-70-100(86-37-23-16-24-38-86)68-102(72-104)90-42-30-40-88(66-90)84-33-19-14-20-34-84/h13-82H,1-12H3. The molecule has 6 aliphatic rings. The Morgan fingerprint density at radius 1 is 0.137 bits per heavy atom. The zero-order chi connectivity index (χ0) is 98.2. The Hall–Kier alpha value is -16.8. The van der Waals surface area contributed by atoms with E-state index in [-0.39, 0.29) is 21.7 Å². The van der Waals surface area contributed by atoms with Gasteiger partial charge in [-0.2, -0.15) is 0 Å². The van der Waals surface area contributed by atoms with Crippen LogP contribution >= 0.6 is 0 Å². The van der Waals surface area contributed by atoms with Gasteiger partial charge in [0.1, 0.15) is 22.3 Å². The van der Waals surface area contributed by atoms with Crippen LogP contribution in [0.5, 0.6) is 0 Å². The molecule has 694 valence electrons. The van der Waals surface area contributed by atoms with E-state index in [9.17, 15) is 0 Å². The number of benzene rings is 21. The van der Waals surface area contributed by atoms with Gasteiger partial charge < -0.3 is 8.83 Å². The molecule has 146 heavy (non-hydrogen) atoms. The fraction of sp³-hybridized carbons (Fsp3) is 0.125. The van der Waals surface area contributed by atoms with Gasteiger partial charge in [-0.15, -0.1) is 0 Å². The van der Waals surface area contributed by atoms with Crippen molar-refractivity contribution in [2.24, 2.45) is 0 Å². The minimum atomic E-state index is -0.453. The summed E-state index contributed by atoms with van der Waals surface area (Å²) in [5.74, 6) is 0. The van der Waals surface area contributed by atoms with E-state index in [0.29, 0.717) is 0 Å². The van der Waals surface area contributed by atoms with Gasteiger partial charge in [0.2, 0.25) is 0 Å². The van der Waals surface area contributed by atoms with Crippen molar-refractivity contribution in [1.29, 1.82) is 0 Å². The highest BCUT2D eigenvalue weighted by Crippen LogP contribution is 2.66. The van der Waals surface area contributed by atoms with E-state index in [1.54, 1.807) is 0 Å². The van der Waals surface area contributed by atoms with E-state index in [1.807, 2.05) is 0 Å². The lowest BCUT2D eigenvalue weighted by atomic mass is 9.72. The van der Waals surface area contributed by atoms with Gasteiger partial charge in [0, 0.05) is 65.2 Å². The SMILES string of the molecule is CC1(C)c2cc(-c3cc(-c4ccccc4)cc(-c4cccc(-c5ccccc5)c4)c3)ccc2-c2ccc(-c3ccc4c(c3)C(C)(C)c3cc(-c5cc6c(c7c5oc5ccccc57)-c5ccc7c(c5C6(C)C)C(C)(C)c5cc(-c6ccc8c(c6)C(C)(C)c6cc(-c9ccc%10c(c9)C(C)(C)c9cc(-c%11cc(-c%12ccccc%12)cc(-c%12cccc(-c%13ccccc%13)c%12)c%11)ccc9-%10)ccc6-8)c6c(oc8ccccc86)c5-7)ccc3-4)cc21. The molecule has 2 heteroatoms. The molecular weight excluding hydrogens is 1760 g/mol. The summed E-state index contributed by atoms with van der Waals surface area (Å²) in [6, 6.07) is 161. The van der Waals surface area contributed by atoms with E-state index in [1.165, 1.54) is 261 Å². The summed E-state index contributed by atoms with van der Waals surface area (Å²) in [6.07, 6.45) is 0. The van der Waals surface area contributed by atoms with Crippen LogP contribution in [0.2, 0.25) is 0 Å². The number of para-hydroxylation sites is 2. The van der Waals surface area contributed by atoms with Gasteiger partial charge >= 0.3 is 0 Å².